The molecule has 1 heterocycles. The molecule has 2 fully saturated rings. The Bertz CT molecular complexity index is 248. The summed E-state index contributed by atoms with van der Waals surface area (Å²) in [5.41, 5.74) is 6.57. The summed E-state index contributed by atoms with van der Waals surface area (Å²) in [6.45, 7) is 11.6. The van der Waals surface area contributed by atoms with E-state index in [1.54, 1.807) is 0 Å². The van der Waals surface area contributed by atoms with E-state index in [0.29, 0.717) is 5.54 Å². The molecule has 0 aromatic heterocycles. The zero-order valence-corrected chi connectivity index (χ0v) is 12.3. The van der Waals surface area contributed by atoms with E-state index in [0.717, 1.165) is 12.5 Å². The van der Waals surface area contributed by atoms with E-state index < -0.39 is 0 Å². The van der Waals surface area contributed by atoms with Gasteiger partial charge in [0, 0.05) is 38.3 Å². The smallest absolute Gasteiger partial charge is 0.0360 e. The average molecular weight is 253 g/mol. The Hall–Kier alpha value is -0.120. The first kappa shape index (κ1) is 14.3. The van der Waals surface area contributed by atoms with E-state index in [9.17, 15) is 0 Å². The Morgan fingerprint density at radius 2 is 1.83 bits per heavy atom. The molecule has 3 heteroatoms. The van der Waals surface area contributed by atoms with E-state index in [2.05, 4.69) is 23.6 Å². The predicted octanol–water partition coefficient (Wildman–Crippen LogP) is 1.92. The van der Waals surface area contributed by atoms with Crippen molar-refractivity contribution in [3.05, 3.63) is 0 Å². The van der Waals surface area contributed by atoms with E-state index in [-0.39, 0.29) is 0 Å². The number of nitrogens with zero attached hydrogens (tertiary/aromatic N) is 2. The topological polar surface area (TPSA) is 32.5 Å². The van der Waals surface area contributed by atoms with Crippen molar-refractivity contribution in [3.8, 4) is 0 Å². The van der Waals surface area contributed by atoms with Gasteiger partial charge in [-0.2, -0.15) is 0 Å². The molecular formula is C15H31N3. The minimum Gasteiger partial charge on any atom is -0.329 e. The first-order valence-corrected chi connectivity index (χ1v) is 7.94. The molecule has 1 aliphatic heterocycles. The molecule has 0 aromatic carbocycles. The fourth-order valence-electron chi connectivity index (χ4n) is 4.20. The molecule has 0 bridgehead atoms. The third-order valence-corrected chi connectivity index (χ3v) is 5.47. The molecule has 106 valence electrons. The minimum atomic E-state index is 0.326. The highest BCUT2D eigenvalue weighted by Gasteiger charge is 2.43. The maximum atomic E-state index is 6.25. The Labute approximate surface area is 113 Å². The zero-order valence-electron chi connectivity index (χ0n) is 12.3. The predicted molar refractivity (Wildman–Crippen MR) is 77.7 cm³/mol. The van der Waals surface area contributed by atoms with Crippen molar-refractivity contribution in [1.82, 2.24) is 9.80 Å². The summed E-state index contributed by atoms with van der Waals surface area (Å²) in [6.07, 6.45) is 6.80. The molecule has 3 nitrogen and oxygen atoms in total. The first-order chi connectivity index (χ1) is 8.76. The van der Waals surface area contributed by atoms with E-state index in [4.69, 9.17) is 5.73 Å². The number of likely N-dealkylation sites (N-methyl/N-ethyl adjacent to an activating group) is 1. The lowest BCUT2D eigenvalue weighted by molar-refractivity contribution is -0.0251. The summed E-state index contributed by atoms with van der Waals surface area (Å²) in [7, 11) is 0. The molecular weight excluding hydrogens is 222 g/mol. The molecule has 2 N–H and O–H groups in total. The molecule has 2 unspecified atom stereocenters. The lowest BCUT2D eigenvalue weighted by Crippen LogP contribution is -2.64. The maximum Gasteiger partial charge on any atom is 0.0360 e. The normalized spacial score (nSPS) is 35.8. The monoisotopic (exact) mass is 253 g/mol. The SMILES string of the molecule is CCC1CCCCC1(CN)N1CCN(CC)CC1. The molecule has 0 amide bonds. The van der Waals surface area contributed by atoms with Crippen LogP contribution in [0.25, 0.3) is 0 Å². The van der Waals surface area contributed by atoms with E-state index in [1.165, 1.54) is 64.8 Å². The third kappa shape index (κ3) is 2.59. The fraction of sp³-hybridized carbons (Fsp3) is 1.00. The van der Waals surface area contributed by atoms with Gasteiger partial charge in [-0.3, -0.25) is 4.90 Å². The first-order valence-electron chi connectivity index (χ1n) is 7.94. The largest absolute Gasteiger partial charge is 0.329 e. The highest BCUT2D eigenvalue weighted by Crippen LogP contribution is 2.40. The van der Waals surface area contributed by atoms with Gasteiger partial charge >= 0.3 is 0 Å². The zero-order chi connectivity index (χ0) is 13.0. The maximum absolute atomic E-state index is 6.25. The third-order valence-electron chi connectivity index (χ3n) is 5.47. The summed E-state index contributed by atoms with van der Waals surface area (Å²) in [6, 6.07) is 0. The van der Waals surface area contributed by atoms with Crippen LogP contribution in [0, 0.1) is 5.92 Å². The summed E-state index contributed by atoms with van der Waals surface area (Å²) in [5, 5.41) is 0. The second kappa shape index (κ2) is 6.36. The summed E-state index contributed by atoms with van der Waals surface area (Å²) in [5.74, 6) is 0.824. The molecule has 18 heavy (non-hydrogen) atoms. The van der Waals surface area contributed by atoms with Crippen LogP contribution in [-0.2, 0) is 0 Å². The number of nitrogens with two attached hydrogens (primary N) is 1. The van der Waals surface area contributed by atoms with E-state index in [1.807, 2.05) is 0 Å². The molecule has 2 aliphatic rings. The van der Waals surface area contributed by atoms with Gasteiger partial charge in [0.25, 0.3) is 0 Å². The summed E-state index contributed by atoms with van der Waals surface area (Å²) in [4.78, 5) is 5.30. The summed E-state index contributed by atoms with van der Waals surface area (Å²) < 4.78 is 0. The molecule has 2 atom stereocenters. The molecule has 1 saturated carbocycles. The van der Waals surface area contributed by atoms with Crippen molar-refractivity contribution in [3.63, 3.8) is 0 Å². The Balaban J connectivity index is 2.06. The minimum absolute atomic E-state index is 0.326. The second-order valence-electron chi connectivity index (χ2n) is 6.08. The van der Waals surface area contributed by atoms with Crippen molar-refractivity contribution in [1.29, 1.82) is 0 Å². The summed E-state index contributed by atoms with van der Waals surface area (Å²) >= 11 is 0. The van der Waals surface area contributed by atoms with Gasteiger partial charge in [0.1, 0.15) is 0 Å². The van der Waals surface area contributed by atoms with Gasteiger partial charge in [-0.05, 0) is 25.3 Å². The van der Waals surface area contributed by atoms with Gasteiger partial charge in [-0.15, -0.1) is 0 Å². The van der Waals surface area contributed by atoms with Gasteiger partial charge in [0.2, 0.25) is 0 Å². The quantitative estimate of drug-likeness (QED) is 0.831. The van der Waals surface area contributed by atoms with Crippen LogP contribution >= 0.6 is 0 Å². The molecule has 2 rings (SSSR count). The lowest BCUT2D eigenvalue weighted by Gasteiger charge is -2.53. The van der Waals surface area contributed by atoms with Gasteiger partial charge < -0.3 is 10.6 Å². The number of hydrogen-bond donors (Lipinski definition) is 1. The van der Waals surface area contributed by atoms with Gasteiger partial charge in [-0.1, -0.05) is 33.1 Å². The number of rotatable bonds is 4. The van der Waals surface area contributed by atoms with E-state index >= 15 is 0 Å². The van der Waals surface area contributed by atoms with Crippen LogP contribution in [0.3, 0.4) is 0 Å². The second-order valence-corrected chi connectivity index (χ2v) is 6.08. The Morgan fingerprint density at radius 1 is 1.11 bits per heavy atom. The molecule has 0 spiro atoms. The highest BCUT2D eigenvalue weighted by molar-refractivity contribution is 5.00. The van der Waals surface area contributed by atoms with Crippen LogP contribution < -0.4 is 5.73 Å². The van der Waals surface area contributed by atoms with Crippen LogP contribution in [0.1, 0.15) is 46.0 Å². The van der Waals surface area contributed by atoms with Crippen LogP contribution in [0.15, 0.2) is 0 Å². The Kier molecular flexibility index (Phi) is 5.05. The lowest BCUT2D eigenvalue weighted by atomic mass is 9.70. The van der Waals surface area contributed by atoms with Gasteiger partial charge in [-0.25, -0.2) is 0 Å². The van der Waals surface area contributed by atoms with Crippen molar-refractivity contribution in [2.75, 3.05) is 39.3 Å². The van der Waals surface area contributed by atoms with Crippen molar-refractivity contribution in [2.24, 2.45) is 11.7 Å². The van der Waals surface area contributed by atoms with Crippen molar-refractivity contribution in [2.45, 2.75) is 51.5 Å². The van der Waals surface area contributed by atoms with Gasteiger partial charge in [0.15, 0.2) is 0 Å². The average Bonchev–Trinajstić information content (AvgIpc) is 2.47. The van der Waals surface area contributed by atoms with Crippen LogP contribution in [-0.4, -0.2) is 54.6 Å². The highest BCUT2D eigenvalue weighted by atomic mass is 15.3. The van der Waals surface area contributed by atoms with Crippen LogP contribution in [0.5, 0.6) is 0 Å². The number of hydrogen-bond acceptors (Lipinski definition) is 3. The Morgan fingerprint density at radius 3 is 2.39 bits per heavy atom. The van der Waals surface area contributed by atoms with Crippen molar-refractivity contribution < 1.29 is 0 Å². The van der Waals surface area contributed by atoms with Gasteiger partial charge in [0.05, 0.1) is 0 Å². The molecule has 1 aliphatic carbocycles. The molecule has 0 aromatic rings. The fourth-order valence-corrected chi connectivity index (χ4v) is 4.20. The standard InChI is InChI=1S/C15H31N3/c1-3-14-7-5-6-8-15(14,13-16)18-11-9-17(4-2)10-12-18/h14H,3-13,16H2,1-2H3. The van der Waals surface area contributed by atoms with Crippen LogP contribution in [0.2, 0.25) is 0 Å². The molecule has 1 saturated heterocycles. The molecule has 0 radical (unpaired) electrons. The van der Waals surface area contributed by atoms with Crippen LogP contribution in [0.4, 0.5) is 0 Å². The number of piperazine rings is 1. The van der Waals surface area contributed by atoms with Crippen molar-refractivity contribution >= 4 is 0 Å².